The Morgan fingerprint density at radius 1 is 1.02 bits per heavy atom. The number of likely N-dealkylation sites (tertiary alicyclic amines) is 3. The van der Waals surface area contributed by atoms with Crippen LogP contribution in [-0.4, -0.2) is 107 Å². The lowest BCUT2D eigenvalue weighted by molar-refractivity contribution is -0.942. The number of nitrogens with one attached hydrogen (secondary N) is 1. The van der Waals surface area contributed by atoms with Crippen molar-refractivity contribution < 1.29 is 28.7 Å². The van der Waals surface area contributed by atoms with Gasteiger partial charge in [0, 0.05) is 55.8 Å². The third kappa shape index (κ3) is 6.27. The molecule has 4 aliphatic heterocycles. The number of carbonyl (C=O) groups excluding carboxylic acids is 2. The highest BCUT2D eigenvalue weighted by atomic mass is 16.5. The summed E-state index contributed by atoms with van der Waals surface area (Å²) in [5.74, 6) is 0.807. The van der Waals surface area contributed by atoms with Crippen LogP contribution in [0.5, 0.6) is 5.75 Å². The molecular formula is C37H52N5O5+. The van der Waals surface area contributed by atoms with Gasteiger partial charge in [-0.3, -0.25) is 4.90 Å². The predicted octanol–water partition coefficient (Wildman–Crippen LogP) is 5.80. The summed E-state index contributed by atoms with van der Waals surface area (Å²) >= 11 is 0. The third-order valence-corrected chi connectivity index (χ3v) is 11.7. The topological polar surface area (TPSA) is 102 Å². The molecule has 0 radical (unpaired) electrons. The minimum absolute atomic E-state index is 0.0913. The Labute approximate surface area is 279 Å². The summed E-state index contributed by atoms with van der Waals surface area (Å²) < 4.78 is 5.38. The average Bonchev–Trinajstić information content (AvgIpc) is 3.24. The monoisotopic (exact) mass is 646 g/mol. The predicted molar refractivity (Wildman–Crippen MR) is 182 cm³/mol. The van der Waals surface area contributed by atoms with Crippen molar-refractivity contribution in [2.45, 2.75) is 95.9 Å². The van der Waals surface area contributed by atoms with Crippen LogP contribution in [0.2, 0.25) is 0 Å². The van der Waals surface area contributed by atoms with Gasteiger partial charge in [-0.25, -0.2) is 9.28 Å². The number of rotatable bonds is 8. The van der Waals surface area contributed by atoms with E-state index in [1.807, 2.05) is 55.1 Å². The Morgan fingerprint density at radius 2 is 1.72 bits per heavy atom. The van der Waals surface area contributed by atoms with E-state index in [1.165, 1.54) is 19.3 Å². The van der Waals surface area contributed by atoms with Gasteiger partial charge < -0.3 is 29.8 Å². The lowest BCUT2D eigenvalue weighted by Crippen LogP contribution is -2.78. The fraction of sp³-hybridized carbons (Fsp3) is 0.595. The van der Waals surface area contributed by atoms with Gasteiger partial charge in [0.1, 0.15) is 18.6 Å². The maximum atomic E-state index is 13.9. The van der Waals surface area contributed by atoms with Gasteiger partial charge in [0.25, 0.3) is 0 Å². The summed E-state index contributed by atoms with van der Waals surface area (Å²) in [4.78, 5) is 47.3. The molecule has 0 aromatic heterocycles. The number of hydrogen-bond acceptors (Lipinski definition) is 6. The number of urea groups is 1. The first-order chi connectivity index (χ1) is 22.7. The Balaban J connectivity index is 1.37. The number of benzene rings is 2. The van der Waals surface area contributed by atoms with E-state index in [0.29, 0.717) is 32.0 Å². The van der Waals surface area contributed by atoms with Gasteiger partial charge in [-0.2, -0.15) is 4.79 Å². The quantitative estimate of drug-likeness (QED) is 0.276. The molecule has 6 rings (SSSR count). The highest BCUT2D eigenvalue weighted by molar-refractivity contribution is 5.91. The summed E-state index contributed by atoms with van der Waals surface area (Å²) in [6, 6.07) is 12.1. The number of piperidine rings is 3. The Hall–Kier alpha value is -3.47. The van der Waals surface area contributed by atoms with Crippen molar-refractivity contribution in [3.63, 3.8) is 0 Å². The van der Waals surface area contributed by atoms with Gasteiger partial charge in [-0.1, -0.05) is 24.6 Å². The van der Waals surface area contributed by atoms with Crippen LogP contribution < -0.4 is 10.1 Å². The molecule has 4 heterocycles. The zero-order valence-corrected chi connectivity index (χ0v) is 28.4. The van der Waals surface area contributed by atoms with Crippen LogP contribution in [0.4, 0.5) is 15.3 Å². The van der Waals surface area contributed by atoms with E-state index in [4.69, 9.17) is 4.74 Å². The summed E-state index contributed by atoms with van der Waals surface area (Å²) in [6.07, 6.45) is 7.44. The molecule has 10 nitrogen and oxygen atoms in total. The van der Waals surface area contributed by atoms with Crippen molar-refractivity contribution >= 4 is 24.1 Å². The minimum Gasteiger partial charge on any atom is -0.496 e. The number of amides is 3. The molecule has 3 amide bonds. The molecule has 3 saturated heterocycles. The highest BCUT2D eigenvalue weighted by Crippen LogP contribution is 2.46. The molecule has 0 saturated carbocycles. The molecule has 10 heteroatoms. The summed E-state index contributed by atoms with van der Waals surface area (Å²) in [7, 11) is 1.66. The maximum absolute atomic E-state index is 13.9. The number of carbonyl (C=O) groups is 3. The number of ether oxygens (including phenoxy) is 1. The van der Waals surface area contributed by atoms with Gasteiger partial charge in [0.15, 0.2) is 5.66 Å². The molecule has 0 spiro atoms. The smallest absolute Gasteiger partial charge is 0.496 e. The van der Waals surface area contributed by atoms with Gasteiger partial charge in [0.2, 0.25) is 0 Å². The fourth-order valence-corrected chi connectivity index (χ4v) is 9.42. The van der Waals surface area contributed by atoms with E-state index < -0.39 is 11.8 Å². The second kappa shape index (κ2) is 13.9. The molecule has 0 bridgehead atoms. The standard InChI is InChI=1S/C37H51N5O5/c1-27-23-29(24-28(2)34(27)47-3)26-42(36(45)46)21-14-32(41-20-11-30-9-5-6-10-33(30)38-35(41)44)25-37(42,15-22-43)40-18-12-31(13-19-40)39-16-7-4-8-17-39/h5-6,9-10,22-24,31-32H,4,7-8,11-21,25-26H2,1-3H3,(H-,38,44,45,46)/p+1/t32?,37?,42-/m0/s1. The Bertz CT molecular complexity index is 1450. The summed E-state index contributed by atoms with van der Waals surface area (Å²) in [5.41, 5.74) is 3.76. The minimum atomic E-state index is -1.01. The van der Waals surface area contributed by atoms with Crippen LogP contribution in [0.3, 0.4) is 0 Å². The lowest BCUT2D eigenvalue weighted by Gasteiger charge is -2.59. The van der Waals surface area contributed by atoms with Gasteiger partial charge in [-0.15, -0.1) is 0 Å². The molecule has 2 N–H and O–H groups in total. The summed E-state index contributed by atoms with van der Waals surface area (Å²) in [6.45, 7) is 8.83. The van der Waals surface area contributed by atoms with Crippen LogP contribution in [-0.2, 0) is 17.8 Å². The van der Waals surface area contributed by atoms with Crippen molar-refractivity contribution in [1.29, 1.82) is 0 Å². The number of para-hydroxylation sites is 1. The van der Waals surface area contributed by atoms with Crippen LogP contribution in [0.25, 0.3) is 0 Å². The van der Waals surface area contributed by atoms with E-state index in [0.717, 1.165) is 85.4 Å². The molecule has 2 aromatic carbocycles. The van der Waals surface area contributed by atoms with Crippen LogP contribution >= 0.6 is 0 Å². The fourth-order valence-electron chi connectivity index (χ4n) is 9.42. The average molecular weight is 647 g/mol. The van der Waals surface area contributed by atoms with Crippen molar-refractivity contribution in [1.82, 2.24) is 14.7 Å². The zero-order chi connectivity index (χ0) is 33.2. The highest BCUT2D eigenvalue weighted by Gasteiger charge is 2.64. The van der Waals surface area contributed by atoms with E-state index in [2.05, 4.69) is 15.1 Å². The number of aldehydes is 1. The van der Waals surface area contributed by atoms with Crippen molar-refractivity contribution in [2.24, 2.45) is 0 Å². The first-order valence-corrected chi connectivity index (χ1v) is 17.5. The SMILES string of the molecule is COc1c(C)cc(C[N@+]2(C(=O)O)CCC(N3CCc4ccccc4NC3=O)CC2(CC=O)N2CCC(N3CCCCC3)CC2)cc1C. The maximum Gasteiger partial charge on any atom is 0.515 e. The molecule has 2 unspecified atom stereocenters. The molecule has 0 aliphatic carbocycles. The first kappa shape index (κ1) is 33.4. The Kier molecular flexibility index (Phi) is 9.92. The lowest BCUT2D eigenvalue weighted by atomic mass is 9.81. The van der Waals surface area contributed by atoms with Gasteiger partial charge in [-0.05, 0) is 93.9 Å². The molecule has 3 fully saturated rings. The first-order valence-electron chi connectivity index (χ1n) is 17.5. The molecule has 3 atom stereocenters. The van der Waals surface area contributed by atoms with Crippen LogP contribution in [0.15, 0.2) is 36.4 Å². The number of carboxylic acid groups (broad SMARTS) is 1. The molecular weight excluding hydrogens is 594 g/mol. The zero-order valence-electron chi connectivity index (χ0n) is 28.4. The second-order valence-electron chi connectivity index (χ2n) is 14.2. The number of methoxy groups -OCH3 is 1. The number of fused-ring (bicyclic) bond motifs is 1. The normalized spacial score (nSPS) is 27.9. The number of anilines is 1. The van der Waals surface area contributed by atoms with Crippen molar-refractivity contribution in [3.05, 3.63) is 58.7 Å². The van der Waals surface area contributed by atoms with Crippen molar-refractivity contribution in [3.8, 4) is 5.75 Å². The number of nitrogens with zero attached hydrogens (tertiary/aromatic N) is 4. The van der Waals surface area contributed by atoms with Gasteiger partial charge >= 0.3 is 12.1 Å². The molecule has 2 aromatic rings. The number of aryl methyl sites for hydroxylation is 2. The van der Waals surface area contributed by atoms with E-state index in [1.54, 1.807) is 7.11 Å². The Morgan fingerprint density at radius 3 is 2.38 bits per heavy atom. The third-order valence-electron chi connectivity index (χ3n) is 11.7. The second-order valence-corrected chi connectivity index (χ2v) is 14.2. The number of hydrogen-bond donors (Lipinski definition) is 2. The van der Waals surface area contributed by atoms with Crippen LogP contribution in [0, 0.1) is 13.8 Å². The number of quaternary nitrogens is 1. The van der Waals surface area contributed by atoms with Gasteiger partial charge in [0.05, 0.1) is 20.1 Å². The van der Waals surface area contributed by atoms with E-state index in [9.17, 15) is 19.5 Å². The van der Waals surface area contributed by atoms with Crippen molar-refractivity contribution in [2.75, 3.05) is 51.7 Å². The van der Waals surface area contributed by atoms with E-state index >= 15 is 0 Å². The summed E-state index contributed by atoms with van der Waals surface area (Å²) in [5, 5.41) is 14.5. The molecule has 4 aliphatic rings. The largest absolute Gasteiger partial charge is 0.515 e. The van der Waals surface area contributed by atoms with E-state index in [-0.39, 0.29) is 29.5 Å². The van der Waals surface area contributed by atoms with Crippen LogP contribution in [0.1, 0.15) is 73.6 Å². The molecule has 47 heavy (non-hydrogen) atoms. The molecule has 254 valence electrons.